The number of hydrogen-bond acceptors (Lipinski definition) is 5. The lowest BCUT2D eigenvalue weighted by Gasteiger charge is -2.30. The smallest absolute Gasteiger partial charge is 0.208 e. The third-order valence-corrected chi connectivity index (χ3v) is 7.68. The molecule has 0 unspecified atom stereocenters. The molecule has 3 aromatic rings. The fraction of sp³-hybridized carbons (Fsp3) is 0.222. The van der Waals surface area contributed by atoms with Crippen LogP contribution in [0, 0.1) is 0 Å². The van der Waals surface area contributed by atoms with Crippen molar-refractivity contribution in [3.8, 4) is 0 Å². The summed E-state index contributed by atoms with van der Waals surface area (Å²) in [6.45, 7) is 3.64. The molecule has 2 heterocycles. The van der Waals surface area contributed by atoms with Crippen molar-refractivity contribution in [2.24, 2.45) is 0 Å². The topological polar surface area (TPSA) is 49.4 Å². The van der Waals surface area contributed by atoms with Gasteiger partial charge in [-0.15, -0.1) is 11.3 Å². The number of fused-ring (bicyclic) bond motifs is 1. The van der Waals surface area contributed by atoms with Crippen molar-refractivity contribution in [1.29, 1.82) is 0 Å². The normalized spacial score (nSPS) is 15.6. The molecular weight excluding hydrogens is 376 g/mol. The fourth-order valence-electron chi connectivity index (χ4n) is 3.15. The zero-order valence-electron chi connectivity index (χ0n) is 13.4. The number of rotatable bonds is 3. The Morgan fingerprint density at radius 3 is 2.48 bits per heavy atom. The van der Waals surface area contributed by atoms with Gasteiger partial charge in [0.05, 0.1) is 25.2 Å². The van der Waals surface area contributed by atoms with Gasteiger partial charge in [-0.25, -0.2) is 8.42 Å². The van der Waals surface area contributed by atoms with Crippen molar-refractivity contribution in [2.75, 3.05) is 31.1 Å². The van der Waals surface area contributed by atoms with Gasteiger partial charge in [0.25, 0.3) is 0 Å². The first kappa shape index (κ1) is 16.8. The SMILES string of the molecule is O=S(=O)(c1ccccc1)c1csc2c(N3CCNCC3)ccc(Cl)c12. The molecule has 25 heavy (non-hydrogen) atoms. The van der Waals surface area contributed by atoms with E-state index >= 15 is 0 Å². The first-order chi connectivity index (χ1) is 12.1. The van der Waals surface area contributed by atoms with Crippen LogP contribution in [0.2, 0.25) is 5.02 Å². The Kier molecular flexibility index (Phi) is 4.45. The van der Waals surface area contributed by atoms with Gasteiger partial charge in [0.1, 0.15) is 0 Å². The second-order valence-electron chi connectivity index (χ2n) is 5.92. The van der Waals surface area contributed by atoms with Crippen LogP contribution in [-0.4, -0.2) is 34.6 Å². The van der Waals surface area contributed by atoms with Gasteiger partial charge in [0, 0.05) is 36.9 Å². The van der Waals surface area contributed by atoms with E-state index in [1.54, 1.807) is 41.8 Å². The molecule has 130 valence electrons. The molecule has 1 fully saturated rings. The molecular formula is C18H17ClN2O2S2. The highest BCUT2D eigenvalue weighted by Gasteiger charge is 2.25. The molecule has 0 aliphatic carbocycles. The molecule has 0 radical (unpaired) electrons. The van der Waals surface area contributed by atoms with Crippen molar-refractivity contribution in [3.05, 3.63) is 52.9 Å². The Balaban J connectivity index is 1.90. The van der Waals surface area contributed by atoms with E-state index < -0.39 is 9.84 Å². The maximum absolute atomic E-state index is 13.1. The zero-order valence-corrected chi connectivity index (χ0v) is 15.8. The van der Waals surface area contributed by atoms with E-state index in [0.717, 1.165) is 36.6 Å². The number of benzene rings is 2. The van der Waals surface area contributed by atoms with Gasteiger partial charge >= 0.3 is 0 Å². The third-order valence-electron chi connectivity index (χ3n) is 4.42. The van der Waals surface area contributed by atoms with Gasteiger partial charge in [-0.2, -0.15) is 0 Å². The maximum atomic E-state index is 13.1. The first-order valence-electron chi connectivity index (χ1n) is 8.04. The lowest BCUT2D eigenvalue weighted by molar-refractivity contribution is 0.590. The molecule has 4 nitrogen and oxygen atoms in total. The van der Waals surface area contributed by atoms with E-state index in [9.17, 15) is 8.42 Å². The number of piperazine rings is 1. The van der Waals surface area contributed by atoms with Gasteiger partial charge < -0.3 is 10.2 Å². The number of sulfone groups is 1. The van der Waals surface area contributed by atoms with Crippen LogP contribution in [-0.2, 0) is 9.84 Å². The Labute approximate surface area is 156 Å². The van der Waals surface area contributed by atoms with Gasteiger partial charge in [0.15, 0.2) is 0 Å². The van der Waals surface area contributed by atoms with Gasteiger partial charge in [-0.1, -0.05) is 29.8 Å². The molecule has 4 rings (SSSR count). The van der Waals surface area contributed by atoms with Gasteiger partial charge in [0.2, 0.25) is 9.84 Å². The minimum Gasteiger partial charge on any atom is -0.368 e. The highest BCUT2D eigenvalue weighted by Crippen LogP contribution is 2.42. The summed E-state index contributed by atoms with van der Waals surface area (Å²) in [6.07, 6.45) is 0. The van der Waals surface area contributed by atoms with Crippen LogP contribution in [0.4, 0.5) is 5.69 Å². The molecule has 0 spiro atoms. The van der Waals surface area contributed by atoms with Crippen LogP contribution in [0.3, 0.4) is 0 Å². The van der Waals surface area contributed by atoms with Crippen molar-refractivity contribution >= 4 is 48.5 Å². The Bertz CT molecular complexity index is 1010. The summed E-state index contributed by atoms with van der Waals surface area (Å²) >= 11 is 7.86. The van der Waals surface area contributed by atoms with E-state index in [2.05, 4.69) is 10.2 Å². The number of thiophene rings is 1. The maximum Gasteiger partial charge on any atom is 0.208 e. The van der Waals surface area contributed by atoms with Crippen LogP contribution in [0.1, 0.15) is 0 Å². The minimum absolute atomic E-state index is 0.290. The Morgan fingerprint density at radius 2 is 1.76 bits per heavy atom. The number of anilines is 1. The highest BCUT2D eigenvalue weighted by atomic mass is 35.5. The summed E-state index contributed by atoms with van der Waals surface area (Å²) in [4.78, 5) is 2.86. The van der Waals surface area contributed by atoms with Crippen molar-refractivity contribution < 1.29 is 8.42 Å². The van der Waals surface area contributed by atoms with E-state index in [1.165, 1.54) is 11.3 Å². The zero-order chi connectivity index (χ0) is 17.4. The van der Waals surface area contributed by atoms with Crippen LogP contribution in [0.15, 0.2) is 57.6 Å². The van der Waals surface area contributed by atoms with Gasteiger partial charge in [-0.3, -0.25) is 0 Å². The number of hydrogen-bond donors (Lipinski definition) is 1. The standard InChI is InChI=1S/C18H17ClN2O2S2/c19-14-6-7-15(21-10-8-20-9-11-21)18-17(14)16(12-24-18)25(22,23)13-4-2-1-3-5-13/h1-7,12,20H,8-11H2. The summed E-state index contributed by atoms with van der Waals surface area (Å²) in [5.74, 6) is 0. The molecule has 1 aliphatic rings. The van der Waals surface area contributed by atoms with Crippen LogP contribution < -0.4 is 10.2 Å². The van der Waals surface area contributed by atoms with Crippen molar-refractivity contribution in [3.63, 3.8) is 0 Å². The lowest BCUT2D eigenvalue weighted by atomic mass is 10.2. The first-order valence-corrected chi connectivity index (χ1v) is 10.8. The number of halogens is 1. The average molecular weight is 393 g/mol. The van der Waals surface area contributed by atoms with E-state index in [4.69, 9.17) is 11.6 Å². The minimum atomic E-state index is -3.60. The second-order valence-corrected chi connectivity index (χ2v) is 9.13. The summed E-state index contributed by atoms with van der Waals surface area (Å²) in [7, 11) is -3.60. The van der Waals surface area contributed by atoms with E-state index in [1.807, 2.05) is 6.07 Å². The average Bonchev–Trinajstić information content (AvgIpc) is 3.10. The highest BCUT2D eigenvalue weighted by molar-refractivity contribution is 7.92. The molecule has 7 heteroatoms. The van der Waals surface area contributed by atoms with E-state index in [0.29, 0.717) is 20.2 Å². The molecule has 0 bridgehead atoms. The molecule has 1 aliphatic heterocycles. The molecule has 2 aromatic carbocycles. The predicted octanol–water partition coefficient (Wildman–Crippen LogP) is 3.80. The Hall–Kier alpha value is -1.60. The summed E-state index contributed by atoms with van der Waals surface area (Å²) in [5.41, 5.74) is 1.06. The van der Waals surface area contributed by atoms with E-state index in [-0.39, 0.29) is 0 Å². The number of nitrogens with one attached hydrogen (secondary N) is 1. The molecule has 1 N–H and O–H groups in total. The second kappa shape index (κ2) is 6.61. The lowest BCUT2D eigenvalue weighted by Crippen LogP contribution is -2.43. The van der Waals surface area contributed by atoms with Crippen LogP contribution in [0.5, 0.6) is 0 Å². The molecule has 0 amide bonds. The van der Waals surface area contributed by atoms with Crippen LogP contribution in [0.25, 0.3) is 10.1 Å². The van der Waals surface area contributed by atoms with Crippen molar-refractivity contribution in [1.82, 2.24) is 5.32 Å². The largest absolute Gasteiger partial charge is 0.368 e. The molecule has 1 aromatic heterocycles. The fourth-order valence-corrected chi connectivity index (χ4v) is 6.48. The Morgan fingerprint density at radius 1 is 1.04 bits per heavy atom. The molecule has 0 saturated carbocycles. The predicted molar refractivity (Wildman–Crippen MR) is 104 cm³/mol. The summed E-state index contributed by atoms with van der Waals surface area (Å²) in [5, 5.41) is 6.16. The summed E-state index contributed by atoms with van der Waals surface area (Å²) in [6, 6.07) is 12.3. The van der Waals surface area contributed by atoms with Gasteiger partial charge in [-0.05, 0) is 24.3 Å². The quantitative estimate of drug-likeness (QED) is 0.736. The van der Waals surface area contributed by atoms with Crippen LogP contribution >= 0.6 is 22.9 Å². The number of nitrogens with zero attached hydrogens (tertiary/aromatic N) is 1. The summed E-state index contributed by atoms with van der Waals surface area (Å²) < 4.78 is 27.1. The monoisotopic (exact) mass is 392 g/mol. The molecule has 1 saturated heterocycles. The third kappa shape index (κ3) is 2.93. The molecule has 0 atom stereocenters. The van der Waals surface area contributed by atoms with Crippen molar-refractivity contribution in [2.45, 2.75) is 9.79 Å².